The highest BCUT2D eigenvalue weighted by atomic mass is 32.1. The lowest BCUT2D eigenvalue weighted by atomic mass is 9.95. The standard InChI is InChI=1S/C24H24N2O4S/c1-15-4-2-3-5-19(15)21-8-6-16-12-18(7-9-20(16)30-21)29-24-25-13-22(31-24)23(28)26-11-10-17(27)14-26/h2-5,7,9,12-13,17,21,27H,6,8,10-11,14H2,1H3. The highest BCUT2D eigenvalue weighted by molar-refractivity contribution is 7.15. The summed E-state index contributed by atoms with van der Waals surface area (Å²) >= 11 is 1.22. The van der Waals surface area contributed by atoms with E-state index in [0.29, 0.717) is 35.3 Å². The zero-order valence-corrected chi connectivity index (χ0v) is 18.1. The van der Waals surface area contributed by atoms with E-state index >= 15 is 0 Å². The van der Waals surface area contributed by atoms with E-state index in [1.54, 1.807) is 11.1 Å². The molecule has 5 rings (SSSR count). The smallest absolute Gasteiger partial charge is 0.279 e. The Bertz CT molecular complexity index is 1110. The molecule has 0 bridgehead atoms. The van der Waals surface area contributed by atoms with E-state index in [1.807, 2.05) is 24.3 Å². The maximum Gasteiger partial charge on any atom is 0.279 e. The Morgan fingerprint density at radius 1 is 1.26 bits per heavy atom. The van der Waals surface area contributed by atoms with E-state index in [1.165, 1.54) is 22.5 Å². The number of aliphatic hydroxyl groups is 1. The number of carbonyl (C=O) groups excluding carboxylic acids is 1. The average Bonchev–Trinajstić information content (AvgIpc) is 3.42. The number of carbonyl (C=O) groups is 1. The van der Waals surface area contributed by atoms with E-state index in [2.05, 4.69) is 30.1 Å². The van der Waals surface area contributed by atoms with Gasteiger partial charge in [-0.25, -0.2) is 4.98 Å². The fourth-order valence-corrected chi connectivity index (χ4v) is 4.94. The minimum absolute atomic E-state index is 0.0668. The van der Waals surface area contributed by atoms with Gasteiger partial charge in [0.05, 0.1) is 12.3 Å². The van der Waals surface area contributed by atoms with Gasteiger partial charge in [0.2, 0.25) is 0 Å². The summed E-state index contributed by atoms with van der Waals surface area (Å²) in [6, 6.07) is 14.2. The number of fused-ring (bicyclic) bond motifs is 1. The van der Waals surface area contributed by atoms with Gasteiger partial charge in [-0.2, -0.15) is 0 Å². The van der Waals surface area contributed by atoms with E-state index in [4.69, 9.17) is 9.47 Å². The first kappa shape index (κ1) is 20.0. The summed E-state index contributed by atoms with van der Waals surface area (Å²) in [7, 11) is 0. The molecule has 7 heteroatoms. The number of nitrogens with zero attached hydrogens (tertiary/aromatic N) is 2. The third-order valence-corrected chi connectivity index (χ3v) is 6.73. The molecule has 1 aromatic heterocycles. The highest BCUT2D eigenvalue weighted by Gasteiger charge is 2.27. The Labute approximate surface area is 185 Å². The Kier molecular flexibility index (Phi) is 5.38. The van der Waals surface area contributed by atoms with Crippen LogP contribution in [0.2, 0.25) is 0 Å². The Morgan fingerprint density at radius 2 is 2.13 bits per heavy atom. The van der Waals surface area contributed by atoms with Crippen LogP contribution in [0.15, 0.2) is 48.7 Å². The van der Waals surface area contributed by atoms with E-state index < -0.39 is 6.10 Å². The summed E-state index contributed by atoms with van der Waals surface area (Å²) in [4.78, 5) is 19.0. The summed E-state index contributed by atoms with van der Waals surface area (Å²) in [5.41, 5.74) is 3.59. The molecule has 1 N–H and O–H groups in total. The Hall–Kier alpha value is -2.90. The number of ether oxygens (including phenoxy) is 2. The molecule has 0 saturated carbocycles. The Morgan fingerprint density at radius 3 is 2.94 bits per heavy atom. The molecular weight excluding hydrogens is 412 g/mol. The molecule has 1 amide bonds. The molecule has 160 valence electrons. The number of rotatable bonds is 4. The van der Waals surface area contributed by atoms with Crippen molar-refractivity contribution in [2.75, 3.05) is 13.1 Å². The zero-order chi connectivity index (χ0) is 21.4. The predicted octanol–water partition coefficient (Wildman–Crippen LogP) is 4.52. The first-order valence-electron chi connectivity index (χ1n) is 10.5. The summed E-state index contributed by atoms with van der Waals surface area (Å²) < 4.78 is 12.2. The zero-order valence-electron chi connectivity index (χ0n) is 17.3. The van der Waals surface area contributed by atoms with Gasteiger partial charge in [-0.3, -0.25) is 4.79 Å². The molecule has 0 spiro atoms. The van der Waals surface area contributed by atoms with Crippen molar-refractivity contribution in [3.63, 3.8) is 0 Å². The van der Waals surface area contributed by atoms with Crippen molar-refractivity contribution in [3.8, 4) is 16.7 Å². The van der Waals surface area contributed by atoms with Crippen LogP contribution >= 0.6 is 11.3 Å². The molecule has 1 saturated heterocycles. The van der Waals surface area contributed by atoms with Crippen LogP contribution in [0.1, 0.15) is 45.3 Å². The monoisotopic (exact) mass is 436 g/mol. The van der Waals surface area contributed by atoms with Gasteiger partial charge < -0.3 is 19.5 Å². The van der Waals surface area contributed by atoms with Gasteiger partial charge in [-0.1, -0.05) is 35.6 Å². The molecule has 0 radical (unpaired) electrons. The van der Waals surface area contributed by atoms with Gasteiger partial charge in [0.1, 0.15) is 22.5 Å². The van der Waals surface area contributed by atoms with Crippen LogP contribution in [0.25, 0.3) is 0 Å². The molecule has 2 unspecified atom stereocenters. The largest absolute Gasteiger partial charge is 0.485 e. The van der Waals surface area contributed by atoms with E-state index in [-0.39, 0.29) is 12.0 Å². The van der Waals surface area contributed by atoms with Crippen molar-refractivity contribution in [3.05, 3.63) is 70.2 Å². The minimum Gasteiger partial charge on any atom is -0.485 e. The molecule has 0 aliphatic carbocycles. The van der Waals surface area contributed by atoms with Gasteiger partial charge in [0.25, 0.3) is 11.1 Å². The van der Waals surface area contributed by atoms with Crippen molar-refractivity contribution in [2.45, 2.75) is 38.4 Å². The SMILES string of the molecule is Cc1ccccc1C1CCc2cc(Oc3ncc(C(=O)N4CCC(O)C4)s3)ccc2O1. The number of likely N-dealkylation sites (tertiary alicyclic amines) is 1. The molecule has 6 nitrogen and oxygen atoms in total. The van der Waals surface area contributed by atoms with E-state index in [9.17, 15) is 9.90 Å². The number of aryl methyl sites for hydroxylation is 2. The number of benzene rings is 2. The summed E-state index contributed by atoms with van der Waals surface area (Å²) in [6.07, 6.45) is 3.62. The minimum atomic E-state index is -0.435. The predicted molar refractivity (Wildman–Crippen MR) is 118 cm³/mol. The van der Waals surface area contributed by atoms with Crippen molar-refractivity contribution in [1.82, 2.24) is 9.88 Å². The van der Waals surface area contributed by atoms with Gasteiger partial charge in [0, 0.05) is 13.1 Å². The van der Waals surface area contributed by atoms with Crippen molar-refractivity contribution in [1.29, 1.82) is 0 Å². The molecule has 3 heterocycles. The second kappa shape index (κ2) is 8.32. The normalized spacial score (nSPS) is 20.3. The fourth-order valence-electron chi connectivity index (χ4n) is 4.18. The number of hydrogen-bond donors (Lipinski definition) is 1. The third kappa shape index (κ3) is 4.16. The van der Waals surface area contributed by atoms with Gasteiger partial charge in [-0.05, 0) is 61.1 Å². The topological polar surface area (TPSA) is 71.9 Å². The third-order valence-electron chi connectivity index (χ3n) is 5.86. The number of hydrogen-bond acceptors (Lipinski definition) is 6. The van der Waals surface area contributed by atoms with Crippen LogP contribution in [0, 0.1) is 6.92 Å². The summed E-state index contributed by atoms with van der Waals surface area (Å²) in [6.45, 7) is 3.06. The summed E-state index contributed by atoms with van der Waals surface area (Å²) in [5.74, 6) is 1.46. The lowest BCUT2D eigenvalue weighted by molar-refractivity contribution is 0.0769. The number of amides is 1. The quantitative estimate of drug-likeness (QED) is 0.651. The molecule has 3 aromatic rings. The van der Waals surface area contributed by atoms with Crippen LogP contribution in [0.5, 0.6) is 16.7 Å². The average molecular weight is 437 g/mol. The lowest BCUT2D eigenvalue weighted by Gasteiger charge is -2.27. The van der Waals surface area contributed by atoms with Gasteiger partial charge in [0.15, 0.2) is 0 Å². The lowest BCUT2D eigenvalue weighted by Crippen LogP contribution is -2.28. The molecule has 2 atom stereocenters. The molecule has 2 aromatic carbocycles. The second-order valence-electron chi connectivity index (χ2n) is 8.06. The van der Waals surface area contributed by atoms with E-state index in [0.717, 1.165) is 24.2 Å². The van der Waals surface area contributed by atoms with Crippen LogP contribution < -0.4 is 9.47 Å². The first-order valence-corrected chi connectivity index (χ1v) is 11.3. The summed E-state index contributed by atoms with van der Waals surface area (Å²) in [5, 5.41) is 10.1. The van der Waals surface area contributed by atoms with Crippen LogP contribution in [-0.4, -0.2) is 40.1 Å². The van der Waals surface area contributed by atoms with Crippen LogP contribution in [0.3, 0.4) is 0 Å². The number of β-amino-alcohol motifs (C(OH)–C–C–N with tert-alkyl or cyclic N) is 1. The van der Waals surface area contributed by atoms with Gasteiger partial charge >= 0.3 is 0 Å². The number of aromatic nitrogens is 1. The molecular formula is C24H24N2O4S. The molecule has 31 heavy (non-hydrogen) atoms. The van der Waals surface area contributed by atoms with Crippen LogP contribution in [0.4, 0.5) is 0 Å². The van der Waals surface area contributed by atoms with Gasteiger partial charge in [-0.15, -0.1) is 0 Å². The van der Waals surface area contributed by atoms with Crippen molar-refractivity contribution >= 4 is 17.2 Å². The molecule has 2 aliphatic rings. The maximum absolute atomic E-state index is 12.5. The Balaban J connectivity index is 1.27. The number of aliphatic hydroxyl groups excluding tert-OH is 1. The molecule has 1 fully saturated rings. The highest BCUT2D eigenvalue weighted by Crippen LogP contribution is 2.38. The van der Waals surface area contributed by atoms with Crippen molar-refractivity contribution < 1.29 is 19.4 Å². The fraction of sp³-hybridized carbons (Fsp3) is 0.333. The van der Waals surface area contributed by atoms with Crippen molar-refractivity contribution in [2.24, 2.45) is 0 Å². The first-order chi connectivity index (χ1) is 15.1. The maximum atomic E-state index is 12.5. The molecule has 2 aliphatic heterocycles. The van der Waals surface area contributed by atoms with Crippen LogP contribution in [-0.2, 0) is 6.42 Å². The second-order valence-corrected chi connectivity index (χ2v) is 9.05. The number of thiazole rings is 1.